The zero-order chi connectivity index (χ0) is 8.43. The van der Waals surface area contributed by atoms with Gasteiger partial charge in [0.2, 0.25) is 0 Å². The van der Waals surface area contributed by atoms with Crippen molar-refractivity contribution in [3.05, 3.63) is 16.1 Å². The Morgan fingerprint density at radius 2 is 2.36 bits per heavy atom. The molecule has 11 heavy (non-hydrogen) atoms. The van der Waals surface area contributed by atoms with Crippen molar-refractivity contribution in [2.75, 3.05) is 0 Å². The molecule has 0 aliphatic rings. The van der Waals surface area contributed by atoms with E-state index in [-0.39, 0.29) is 6.04 Å². The van der Waals surface area contributed by atoms with Crippen LogP contribution in [-0.4, -0.2) is 16.1 Å². The third-order valence-electron chi connectivity index (χ3n) is 1.55. The van der Waals surface area contributed by atoms with Crippen LogP contribution in [0.25, 0.3) is 0 Å². The predicted octanol–water partition coefficient (Wildman–Crippen LogP) is 0.832. The summed E-state index contributed by atoms with van der Waals surface area (Å²) >= 11 is 1.44. The maximum absolute atomic E-state index is 9.51. The first kappa shape index (κ1) is 8.64. The maximum Gasteiger partial charge on any atom is 0.105 e. The van der Waals surface area contributed by atoms with Gasteiger partial charge in [0, 0.05) is 6.04 Å². The molecule has 0 bridgehead atoms. The molecule has 1 aromatic heterocycles. The standard InChI is InChI=1S/C7H12N2OS/c1-4(8)6(10)7-5(2)9-3-11-7/h3-4,6,10H,8H2,1-2H3. The van der Waals surface area contributed by atoms with Gasteiger partial charge in [-0.25, -0.2) is 4.98 Å². The summed E-state index contributed by atoms with van der Waals surface area (Å²) in [5.41, 5.74) is 8.12. The molecule has 0 aromatic carbocycles. The molecule has 0 fully saturated rings. The highest BCUT2D eigenvalue weighted by Gasteiger charge is 2.16. The molecule has 0 aliphatic carbocycles. The summed E-state index contributed by atoms with van der Waals surface area (Å²) in [5, 5.41) is 9.51. The van der Waals surface area contributed by atoms with Gasteiger partial charge in [-0.05, 0) is 13.8 Å². The van der Waals surface area contributed by atoms with Crippen molar-refractivity contribution < 1.29 is 5.11 Å². The fourth-order valence-electron chi connectivity index (χ4n) is 0.834. The summed E-state index contributed by atoms with van der Waals surface area (Å²) in [5.74, 6) is 0. The van der Waals surface area contributed by atoms with E-state index in [2.05, 4.69) is 4.98 Å². The van der Waals surface area contributed by atoms with E-state index in [0.29, 0.717) is 0 Å². The SMILES string of the molecule is Cc1ncsc1C(O)C(C)N. The van der Waals surface area contributed by atoms with Gasteiger partial charge in [-0.2, -0.15) is 0 Å². The average molecular weight is 172 g/mol. The van der Waals surface area contributed by atoms with E-state index in [9.17, 15) is 5.11 Å². The summed E-state index contributed by atoms with van der Waals surface area (Å²) in [7, 11) is 0. The van der Waals surface area contributed by atoms with Crippen LogP contribution in [0.2, 0.25) is 0 Å². The van der Waals surface area contributed by atoms with Crippen LogP contribution in [0.1, 0.15) is 23.6 Å². The molecule has 3 N–H and O–H groups in total. The van der Waals surface area contributed by atoms with Crippen LogP contribution in [0.4, 0.5) is 0 Å². The molecular weight excluding hydrogens is 160 g/mol. The second kappa shape index (κ2) is 3.30. The van der Waals surface area contributed by atoms with Gasteiger partial charge in [0.25, 0.3) is 0 Å². The van der Waals surface area contributed by atoms with Crippen molar-refractivity contribution in [3.8, 4) is 0 Å². The summed E-state index contributed by atoms with van der Waals surface area (Å²) in [6, 6.07) is -0.228. The fourth-order valence-corrected chi connectivity index (χ4v) is 1.74. The summed E-state index contributed by atoms with van der Waals surface area (Å²) in [6.45, 7) is 3.65. The Morgan fingerprint density at radius 3 is 2.73 bits per heavy atom. The fraction of sp³-hybridized carbons (Fsp3) is 0.571. The number of aliphatic hydroxyl groups is 1. The van der Waals surface area contributed by atoms with E-state index in [1.54, 1.807) is 12.4 Å². The first-order chi connectivity index (χ1) is 5.13. The van der Waals surface area contributed by atoms with Crippen LogP contribution in [-0.2, 0) is 0 Å². The first-order valence-electron chi connectivity index (χ1n) is 3.46. The number of nitrogens with two attached hydrogens (primary N) is 1. The Hall–Kier alpha value is -0.450. The van der Waals surface area contributed by atoms with E-state index in [4.69, 9.17) is 5.73 Å². The Balaban J connectivity index is 2.84. The van der Waals surface area contributed by atoms with Crippen molar-refractivity contribution in [1.82, 2.24) is 4.98 Å². The molecule has 0 aliphatic heterocycles. The van der Waals surface area contributed by atoms with Crippen LogP contribution in [0.15, 0.2) is 5.51 Å². The minimum Gasteiger partial charge on any atom is -0.386 e. The highest BCUT2D eigenvalue weighted by molar-refractivity contribution is 7.09. The molecule has 0 radical (unpaired) electrons. The Morgan fingerprint density at radius 1 is 1.73 bits per heavy atom. The van der Waals surface area contributed by atoms with Crippen molar-refractivity contribution in [2.45, 2.75) is 26.0 Å². The molecule has 2 atom stereocenters. The lowest BCUT2D eigenvalue weighted by molar-refractivity contribution is 0.156. The van der Waals surface area contributed by atoms with Gasteiger partial charge in [0.15, 0.2) is 0 Å². The number of aryl methyl sites for hydroxylation is 1. The van der Waals surface area contributed by atoms with Crippen molar-refractivity contribution >= 4 is 11.3 Å². The van der Waals surface area contributed by atoms with Gasteiger partial charge in [-0.3, -0.25) is 0 Å². The van der Waals surface area contributed by atoms with Crippen molar-refractivity contribution in [2.24, 2.45) is 5.73 Å². The Kier molecular flexibility index (Phi) is 2.59. The minimum absolute atomic E-state index is 0.228. The van der Waals surface area contributed by atoms with Gasteiger partial charge in [-0.1, -0.05) is 0 Å². The molecule has 2 unspecified atom stereocenters. The van der Waals surface area contributed by atoms with Gasteiger partial charge in [-0.15, -0.1) is 11.3 Å². The molecule has 3 nitrogen and oxygen atoms in total. The summed E-state index contributed by atoms with van der Waals surface area (Å²) in [4.78, 5) is 4.90. The number of aromatic nitrogens is 1. The monoisotopic (exact) mass is 172 g/mol. The van der Waals surface area contributed by atoms with Crippen LogP contribution >= 0.6 is 11.3 Å². The highest BCUT2D eigenvalue weighted by atomic mass is 32.1. The van der Waals surface area contributed by atoms with E-state index >= 15 is 0 Å². The molecular formula is C7H12N2OS. The first-order valence-corrected chi connectivity index (χ1v) is 4.34. The number of aliphatic hydroxyl groups excluding tert-OH is 1. The number of hydrogen-bond donors (Lipinski definition) is 2. The zero-order valence-corrected chi connectivity index (χ0v) is 7.43. The third kappa shape index (κ3) is 1.77. The minimum atomic E-state index is -0.567. The smallest absolute Gasteiger partial charge is 0.105 e. The normalized spacial score (nSPS) is 16.4. The topological polar surface area (TPSA) is 59.1 Å². The Bertz CT molecular complexity index is 234. The molecule has 0 spiro atoms. The molecule has 62 valence electrons. The zero-order valence-electron chi connectivity index (χ0n) is 6.61. The molecule has 0 saturated carbocycles. The molecule has 4 heteroatoms. The van der Waals surface area contributed by atoms with Crippen LogP contribution in [0.3, 0.4) is 0 Å². The molecule has 0 amide bonds. The lowest BCUT2D eigenvalue weighted by Crippen LogP contribution is -2.24. The van der Waals surface area contributed by atoms with Gasteiger partial charge in [0.1, 0.15) is 6.10 Å². The second-order valence-corrected chi connectivity index (χ2v) is 3.49. The van der Waals surface area contributed by atoms with E-state index in [1.807, 2.05) is 6.92 Å². The molecule has 1 aromatic rings. The van der Waals surface area contributed by atoms with E-state index in [1.165, 1.54) is 11.3 Å². The molecule has 0 saturated heterocycles. The summed E-state index contributed by atoms with van der Waals surface area (Å²) < 4.78 is 0. The lowest BCUT2D eigenvalue weighted by Gasteiger charge is -2.12. The van der Waals surface area contributed by atoms with Crippen molar-refractivity contribution in [1.29, 1.82) is 0 Å². The maximum atomic E-state index is 9.51. The summed E-state index contributed by atoms with van der Waals surface area (Å²) in [6.07, 6.45) is -0.567. The van der Waals surface area contributed by atoms with Gasteiger partial charge >= 0.3 is 0 Å². The van der Waals surface area contributed by atoms with E-state index < -0.39 is 6.10 Å². The van der Waals surface area contributed by atoms with E-state index in [0.717, 1.165) is 10.6 Å². The number of hydrogen-bond acceptors (Lipinski definition) is 4. The third-order valence-corrected chi connectivity index (χ3v) is 2.55. The number of thiazole rings is 1. The van der Waals surface area contributed by atoms with Crippen molar-refractivity contribution in [3.63, 3.8) is 0 Å². The second-order valence-electron chi connectivity index (χ2n) is 2.61. The highest BCUT2D eigenvalue weighted by Crippen LogP contribution is 2.22. The lowest BCUT2D eigenvalue weighted by atomic mass is 10.1. The van der Waals surface area contributed by atoms with Gasteiger partial charge < -0.3 is 10.8 Å². The quantitative estimate of drug-likeness (QED) is 0.694. The number of nitrogens with zero attached hydrogens (tertiary/aromatic N) is 1. The molecule has 1 heterocycles. The Labute approximate surface area is 69.9 Å². The van der Waals surface area contributed by atoms with Gasteiger partial charge in [0.05, 0.1) is 16.1 Å². The predicted molar refractivity (Wildman–Crippen MR) is 45.5 cm³/mol. The van der Waals surface area contributed by atoms with Crippen LogP contribution in [0.5, 0.6) is 0 Å². The average Bonchev–Trinajstić information content (AvgIpc) is 2.33. The van der Waals surface area contributed by atoms with Crippen LogP contribution in [0, 0.1) is 6.92 Å². The number of rotatable bonds is 2. The van der Waals surface area contributed by atoms with Crippen LogP contribution < -0.4 is 5.73 Å². The molecule has 1 rings (SSSR count). The largest absolute Gasteiger partial charge is 0.386 e.